The number of nitrogens with zero attached hydrogens (tertiary/aromatic N) is 1. The number of thiazole rings is 1. The molecule has 1 fully saturated rings. The van der Waals surface area contributed by atoms with E-state index in [1.807, 2.05) is 0 Å². The van der Waals surface area contributed by atoms with Crippen molar-refractivity contribution in [2.24, 2.45) is 5.41 Å². The molecule has 2 heterocycles. The van der Waals surface area contributed by atoms with E-state index in [2.05, 4.69) is 40.1 Å². The van der Waals surface area contributed by atoms with Crippen molar-refractivity contribution >= 4 is 27.3 Å². The molecule has 0 aromatic carbocycles. The first-order valence-corrected chi connectivity index (χ1v) is 7.25. The molecule has 4 heteroatoms. The van der Waals surface area contributed by atoms with Crippen molar-refractivity contribution < 1.29 is 4.74 Å². The standard InChI is InChI=1S/C11H16BrNOS/c1-8-6-15-10(13-8)5-11(7-12)3-4-14-9(11)2/h6,9H,3-5,7H2,1-2H3. The molecular formula is C11H16BrNOS. The molecule has 0 saturated carbocycles. The lowest BCUT2D eigenvalue weighted by Gasteiger charge is -2.29. The lowest BCUT2D eigenvalue weighted by atomic mass is 9.81. The molecule has 1 saturated heterocycles. The first kappa shape index (κ1) is 11.6. The van der Waals surface area contributed by atoms with Crippen molar-refractivity contribution in [3.8, 4) is 0 Å². The number of aromatic nitrogens is 1. The van der Waals surface area contributed by atoms with Crippen LogP contribution in [-0.4, -0.2) is 23.0 Å². The molecule has 0 spiro atoms. The van der Waals surface area contributed by atoms with Gasteiger partial charge in [-0.3, -0.25) is 0 Å². The Kier molecular flexibility index (Phi) is 3.48. The first-order valence-electron chi connectivity index (χ1n) is 5.25. The number of halogens is 1. The van der Waals surface area contributed by atoms with E-state index in [4.69, 9.17) is 4.74 Å². The van der Waals surface area contributed by atoms with Crippen molar-refractivity contribution in [2.75, 3.05) is 11.9 Å². The van der Waals surface area contributed by atoms with Gasteiger partial charge in [0.15, 0.2) is 0 Å². The Morgan fingerprint density at radius 3 is 3.00 bits per heavy atom. The van der Waals surface area contributed by atoms with E-state index in [0.29, 0.717) is 6.10 Å². The van der Waals surface area contributed by atoms with Gasteiger partial charge in [-0.05, 0) is 20.3 Å². The number of aryl methyl sites for hydroxylation is 1. The average Bonchev–Trinajstić information content (AvgIpc) is 2.76. The van der Waals surface area contributed by atoms with Crippen LogP contribution in [0.25, 0.3) is 0 Å². The molecule has 0 bridgehead atoms. The third kappa shape index (κ3) is 2.27. The van der Waals surface area contributed by atoms with Crippen LogP contribution in [0.15, 0.2) is 5.38 Å². The topological polar surface area (TPSA) is 22.1 Å². The van der Waals surface area contributed by atoms with Gasteiger partial charge >= 0.3 is 0 Å². The van der Waals surface area contributed by atoms with E-state index < -0.39 is 0 Å². The molecule has 15 heavy (non-hydrogen) atoms. The van der Waals surface area contributed by atoms with Gasteiger partial charge in [-0.2, -0.15) is 0 Å². The van der Waals surface area contributed by atoms with E-state index in [1.54, 1.807) is 11.3 Å². The molecule has 1 aromatic heterocycles. The highest BCUT2D eigenvalue weighted by molar-refractivity contribution is 9.09. The fourth-order valence-corrected chi connectivity index (χ4v) is 3.92. The summed E-state index contributed by atoms with van der Waals surface area (Å²) in [5.41, 5.74) is 1.39. The molecule has 0 N–H and O–H groups in total. The smallest absolute Gasteiger partial charge is 0.0934 e. The molecule has 1 aliphatic rings. The Morgan fingerprint density at radius 1 is 1.73 bits per heavy atom. The van der Waals surface area contributed by atoms with Crippen LogP contribution < -0.4 is 0 Å². The van der Waals surface area contributed by atoms with Crippen LogP contribution in [0, 0.1) is 12.3 Å². The summed E-state index contributed by atoms with van der Waals surface area (Å²) in [6.45, 7) is 5.11. The summed E-state index contributed by atoms with van der Waals surface area (Å²) in [6, 6.07) is 0. The molecule has 0 radical (unpaired) electrons. The summed E-state index contributed by atoms with van der Waals surface area (Å²) < 4.78 is 5.69. The lowest BCUT2D eigenvalue weighted by molar-refractivity contribution is 0.0746. The predicted octanol–water partition coefficient (Wildman–Crippen LogP) is 3.18. The molecule has 0 amide bonds. The average molecular weight is 290 g/mol. The van der Waals surface area contributed by atoms with E-state index in [1.165, 1.54) is 5.01 Å². The van der Waals surface area contributed by atoms with E-state index in [9.17, 15) is 0 Å². The number of ether oxygens (including phenoxy) is 1. The zero-order chi connectivity index (χ0) is 10.9. The van der Waals surface area contributed by atoms with Crippen molar-refractivity contribution in [1.29, 1.82) is 0 Å². The van der Waals surface area contributed by atoms with Gasteiger partial charge < -0.3 is 4.74 Å². The molecule has 2 rings (SSSR count). The van der Waals surface area contributed by atoms with Crippen molar-refractivity contribution in [1.82, 2.24) is 4.98 Å². The van der Waals surface area contributed by atoms with Crippen LogP contribution in [0.3, 0.4) is 0 Å². The van der Waals surface area contributed by atoms with Crippen molar-refractivity contribution in [3.63, 3.8) is 0 Å². The second-order valence-corrected chi connectivity index (χ2v) is 5.82. The van der Waals surface area contributed by atoms with Crippen LogP contribution in [0.2, 0.25) is 0 Å². The Hall–Kier alpha value is 0.0700. The molecule has 1 aromatic rings. The highest BCUT2D eigenvalue weighted by Crippen LogP contribution is 2.40. The van der Waals surface area contributed by atoms with Crippen molar-refractivity contribution in [2.45, 2.75) is 32.8 Å². The zero-order valence-electron chi connectivity index (χ0n) is 9.12. The number of hydrogen-bond acceptors (Lipinski definition) is 3. The van der Waals surface area contributed by atoms with Gasteiger partial charge in [0.1, 0.15) is 0 Å². The molecule has 84 valence electrons. The van der Waals surface area contributed by atoms with Gasteiger partial charge in [0, 0.05) is 34.8 Å². The maximum Gasteiger partial charge on any atom is 0.0934 e. The van der Waals surface area contributed by atoms with Gasteiger partial charge in [-0.15, -0.1) is 11.3 Å². The second kappa shape index (κ2) is 4.52. The summed E-state index contributed by atoms with van der Waals surface area (Å²) in [5.74, 6) is 0. The highest BCUT2D eigenvalue weighted by atomic mass is 79.9. The summed E-state index contributed by atoms with van der Waals surface area (Å²) in [5, 5.41) is 4.36. The molecule has 2 atom stereocenters. The van der Waals surface area contributed by atoms with E-state index in [0.717, 1.165) is 30.5 Å². The molecule has 2 unspecified atom stereocenters. The fourth-order valence-electron chi connectivity index (χ4n) is 2.06. The van der Waals surface area contributed by atoms with Gasteiger partial charge in [0.2, 0.25) is 0 Å². The monoisotopic (exact) mass is 289 g/mol. The number of alkyl halides is 1. The van der Waals surface area contributed by atoms with E-state index in [-0.39, 0.29) is 5.41 Å². The highest BCUT2D eigenvalue weighted by Gasteiger charge is 2.41. The minimum atomic E-state index is 0.254. The molecule has 0 aliphatic carbocycles. The third-order valence-electron chi connectivity index (χ3n) is 3.27. The SMILES string of the molecule is Cc1csc(CC2(CBr)CCOC2C)n1. The Balaban J connectivity index is 2.14. The van der Waals surface area contributed by atoms with Crippen LogP contribution in [0.4, 0.5) is 0 Å². The van der Waals surface area contributed by atoms with Crippen LogP contribution >= 0.6 is 27.3 Å². The minimum Gasteiger partial charge on any atom is -0.378 e. The molecular weight excluding hydrogens is 274 g/mol. The first-order chi connectivity index (χ1) is 7.16. The largest absolute Gasteiger partial charge is 0.378 e. The predicted molar refractivity (Wildman–Crippen MR) is 66.8 cm³/mol. The fraction of sp³-hybridized carbons (Fsp3) is 0.727. The van der Waals surface area contributed by atoms with Gasteiger partial charge in [-0.25, -0.2) is 4.98 Å². The minimum absolute atomic E-state index is 0.254. The second-order valence-electron chi connectivity index (χ2n) is 4.32. The Labute approximate surface area is 103 Å². The Morgan fingerprint density at radius 2 is 2.53 bits per heavy atom. The van der Waals surface area contributed by atoms with Crippen LogP contribution in [0.5, 0.6) is 0 Å². The maximum absolute atomic E-state index is 5.69. The third-order valence-corrected chi connectivity index (χ3v) is 5.35. The Bertz CT molecular complexity index is 341. The summed E-state index contributed by atoms with van der Waals surface area (Å²) in [4.78, 5) is 4.54. The van der Waals surface area contributed by atoms with Crippen molar-refractivity contribution in [3.05, 3.63) is 16.1 Å². The summed E-state index contributed by atoms with van der Waals surface area (Å²) in [7, 11) is 0. The zero-order valence-corrected chi connectivity index (χ0v) is 11.5. The van der Waals surface area contributed by atoms with Crippen LogP contribution in [-0.2, 0) is 11.2 Å². The number of rotatable bonds is 3. The van der Waals surface area contributed by atoms with Gasteiger partial charge in [-0.1, -0.05) is 15.9 Å². The van der Waals surface area contributed by atoms with Crippen LogP contribution in [0.1, 0.15) is 24.0 Å². The molecule has 2 nitrogen and oxygen atoms in total. The number of hydrogen-bond donors (Lipinski definition) is 0. The van der Waals surface area contributed by atoms with Gasteiger partial charge in [0.25, 0.3) is 0 Å². The lowest BCUT2D eigenvalue weighted by Crippen LogP contribution is -2.32. The summed E-state index contributed by atoms with van der Waals surface area (Å²) >= 11 is 5.40. The molecule has 1 aliphatic heterocycles. The summed E-state index contributed by atoms with van der Waals surface area (Å²) in [6.07, 6.45) is 2.51. The van der Waals surface area contributed by atoms with Gasteiger partial charge in [0.05, 0.1) is 11.1 Å². The quantitative estimate of drug-likeness (QED) is 0.798. The van der Waals surface area contributed by atoms with E-state index >= 15 is 0 Å². The maximum atomic E-state index is 5.69. The normalized spacial score (nSPS) is 31.0.